The quantitative estimate of drug-likeness (QED) is 0.812. The lowest BCUT2D eigenvalue weighted by Gasteiger charge is -2.08. The van der Waals surface area contributed by atoms with Crippen molar-refractivity contribution in [2.75, 3.05) is 0 Å². The molecule has 82 valence electrons. The van der Waals surface area contributed by atoms with E-state index in [-0.39, 0.29) is 10.5 Å². The van der Waals surface area contributed by atoms with E-state index in [4.69, 9.17) is 15.8 Å². The SMILES string of the molecule is Cc1ccc(C)c(S(=O)(=O)Cl)c1C(=O)O. The first-order chi connectivity index (χ1) is 6.75. The molecule has 0 aliphatic rings. The standard InChI is InChI=1S/C9H9ClO4S/c1-5-3-4-6(2)8(15(10,13)14)7(5)9(11)12/h3-4H,1-2H3,(H,11,12). The molecular formula is C9H9ClO4S. The number of aryl methyl sites for hydroxylation is 2. The molecule has 0 fully saturated rings. The van der Waals surface area contributed by atoms with Gasteiger partial charge in [0.15, 0.2) is 0 Å². The van der Waals surface area contributed by atoms with Gasteiger partial charge in [-0.25, -0.2) is 13.2 Å². The molecule has 0 saturated carbocycles. The summed E-state index contributed by atoms with van der Waals surface area (Å²) in [6.45, 7) is 3.02. The summed E-state index contributed by atoms with van der Waals surface area (Å²) in [6, 6.07) is 3.07. The fraction of sp³-hybridized carbons (Fsp3) is 0.222. The van der Waals surface area contributed by atoms with Crippen molar-refractivity contribution >= 4 is 25.7 Å². The predicted octanol–water partition coefficient (Wildman–Crippen LogP) is 1.93. The van der Waals surface area contributed by atoms with Crippen molar-refractivity contribution < 1.29 is 18.3 Å². The Morgan fingerprint density at radius 1 is 1.27 bits per heavy atom. The maximum atomic E-state index is 11.2. The Kier molecular flexibility index (Phi) is 3.06. The molecule has 0 unspecified atom stereocenters. The van der Waals surface area contributed by atoms with Crippen molar-refractivity contribution in [2.45, 2.75) is 18.7 Å². The summed E-state index contributed by atoms with van der Waals surface area (Å²) in [5, 5.41) is 8.91. The number of rotatable bonds is 2. The smallest absolute Gasteiger partial charge is 0.337 e. The van der Waals surface area contributed by atoms with Crippen molar-refractivity contribution in [3.63, 3.8) is 0 Å². The summed E-state index contributed by atoms with van der Waals surface area (Å²) in [5.74, 6) is -1.30. The Morgan fingerprint density at radius 2 is 1.73 bits per heavy atom. The molecule has 0 heterocycles. The fourth-order valence-electron chi connectivity index (χ4n) is 1.37. The van der Waals surface area contributed by atoms with Gasteiger partial charge >= 0.3 is 5.97 Å². The average molecular weight is 249 g/mol. The molecule has 0 atom stereocenters. The van der Waals surface area contributed by atoms with Gasteiger partial charge in [-0.3, -0.25) is 0 Å². The van der Waals surface area contributed by atoms with Crippen LogP contribution in [0.25, 0.3) is 0 Å². The Bertz CT molecular complexity index is 519. The summed E-state index contributed by atoms with van der Waals surface area (Å²) < 4.78 is 22.5. The Hall–Kier alpha value is -1.07. The highest BCUT2D eigenvalue weighted by molar-refractivity contribution is 8.13. The number of carbonyl (C=O) groups is 1. The van der Waals surface area contributed by atoms with Crippen molar-refractivity contribution in [1.29, 1.82) is 0 Å². The minimum Gasteiger partial charge on any atom is -0.478 e. The molecule has 1 rings (SSSR count). The zero-order valence-corrected chi connectivity index (χ0v) is 9.69. The van der Waals surface area contributed by atoms with E-state index in [0.717, 1.165) is 0 Å². The molecule has 0 aromatic heterocycles. The van der Waals surface area contributed by atoms with Gasteiger partial charge in [-0.1, -0.05) is 12.1 Å². The van der Waals surface area contributed by atoms with E-state index in [1.165, 1.54) is 19.9 Å². The number of hydrogen-bond acceptors (Lipinski definition) is 3. The summed E-state index contributed by atoms with van der Waals surface area (Å²) in [6.07, 6.45) is 0. The van der Waals surface area contributed by atoms with Gasteiger partial charge in [0.1, 0.15) is 4.90 Å². The van der Waals surface area contributed by atoms with Crippen LogP contribution in [0.4, 0.5) is 0 Å². The van der Waals surface area contributed by atoms with Gasteiger partial charge in [-0.05, 0) is 25.0 Å². The lowest BCUT2D eigenvalue weighted by Crippen LogP contribution is -2.09. The largest absolute Gasteiger partial charge is 0.478 e. The Labute approximate surface area is 91.9 Å². The number of carboxylic acid groups (broad SMARTS) is 1. The van der Waals surface area contributed by atoms with Crippen LogP contribution in [0.3, 0.4) is 0 Å². The van der Waals surface area contributed by atoms with E-state index < -0.39 is 15.0 Å². The molecule has 4 nitrogen and oxygen atoms in total. The second-order valence-corrected chi connectivity index (χ2v) is 5.65. The minimum atomic E-state index is -4.04. The van der Waals surface area contributed by atoms with Gasteiger partial charge in [0.2, 0.25) is 0 Å². The van der Waals surface area contributed by atoms with Gasteiger partial charge in [0, 0.05) is 10.7 Å². The average Bonchev–Trinajstić information content (AvgIpc) is 2.05. The van der Waals surface area contributed by atoms with Crippen LogP contribution < -0.4 is 0 Å². The third kappa shape index (κ3) is 2.30. The monoisotopic (exact) mass is 248 g/mol. The maximum Gasteiger partial charge on any atom is 0.337 e. The fourth-order valence-corrected chi connectivity index (χ4v) is 2.91. The van der Waals surface area contributed by atoms with Crippen LogP contribution in [0.2, 0.25) is 0 Å². The highest BCUT2D eigenvalue weighted by atomic mass is 35.7. The van der Waals surface area contributed by atoms with Gasteiger partial charge in [-0.15, -0.1) is 0 Å². The van der Waals surface area contributed by atoms with Crippen LogP contribution in [-0.4, -0.2) is 19.5 Å². The molecule has 0 amide bonds. The highest BCUT2D eigenvalue weighted by Crippen LogP contribution is 2.26. The highest BCUT2D eigenvalue weighted by Gasteiger charge is 2.24. The molecule has 15 heavy (non-hydrogen) atoms. The first-order valence-electron chi connectivity index (χ1n) is 4.03. The molecule has 6 heteroatoms. The van der Waals surface area contributed by atoms with E-state index in [2.05, 4.69) is 0 Å². The van der Waals surface area contributed by atoms with Gasteiger partial charge in [-0.2, -0.15) is 0 Å². The maximum absolute atomic E-state index is 11.2. The molecular weight excluding hydrogens is 240 g/mol. The van der Waals surface area contributed by atoms with E-state index >= 15 is 0 Å². The van der Waals surface area contributed by atoms with Gasteiger partial charge < -0.3 is 5.11 Å². The second kappa shape index (κ2) is 3.83. The van der Waals surface area contributed by atoms with Gasteiger partial charge in [0.05, 0.1) is 5.56 Å². The minimum absolute atomic E-state index is 0.259. The summed E-state index contributed by atoms with van der Waals surface area (Å²) in [5.41, 5.74) is 0.435. The molecule has 0 aliphatic carbocycles. The topological polar surface area (TPSA) is 71.4 Å². The molecule has 0 spiro atoms. The number of carboxylic acids is 1. The number of hydrogen-bond donors (Lipinski definition) is 1. The molecule has 0 saturated heterocycles. The third-order valence-corrected chi connectivity index (χ3v) is 3.50. The lowest BCUT2D eigenvalue weighted by molar-refractivity contribution is 0.0691. The van der Waals surface area contributed by atoms with Crippen molar-refractivity contribution in [3.05, 3.63) is 28.8 Å². The van der Waals surface area contributed by atoms with E-state index in [9.17, 15) is 13.2 Å². The van der Waals surface area contributed by atoms with E-state index in [1.54, 1.807) is 6.07 Å². The van der Waals surface area contributed by atoms with Crippen LogP contribution in [0.5, 0.6) is 0 Å². The Balaban J connectivity index is 3.76. The molecule has 1 aromatic rings. The third-order valence-electron chi connectivity index (χ3n) is 2.02. The normalized spacial score (nSPS) is 11.4. The van der Waals surface area contributed by atoms with Gasteiger partial charge in [0.25, 0.3) is 9.05 Å². The van der Waals surface area contributed by atoms with E-state index in [1.807, 2.05) is 0 Å². The molecule has 0 bridgehead atoms. The van der Waals surface area contributed by atoms with Crippen LogP contribution in [0.1, 0.15) is 21.5 Å². The summed E-state index contributed by atoms with van der Waals surface area (Å²) >= 11 is 0. The number of halogens is 1. The van der Waals surface area contributed by atoms with Crippen LogP contribution in [-0.2, 0) is 9.05 Å². The zero-order valence-electron chi connectivity index (χ0n) is 8.11. The lowest BCUT2D eigenvalue weighted by atomic mass is 10.1. The molecule has 0 aliphatic heterocycles. The van der Waals surface area contributed by atoms with Crippen LogP contribution in [0, 0.1) is 13.8 Å². The first-order valence-corrected chi connectivity index (χ1v) is 6.34. The summed E-state index contributed by atoms with van der Waals surface area (Å²) in [4.78, 5) is 10.6. The van der Waals surface area contributed by atoms with Crippen LogP contribution >= 0.6 is 10.7 Å². The molecule has 1 N–H and O–H groups in total. The second-order valence-electron chi connectivity index (χ2n) is 3.15. The molecule has 0 radical (unpaired) electrons. The molecule has 1 aromatic carbocycles. The van der Waals surface area contributed by atoms with Crippen molar-refractivity contribution in [3.8, 4) is 0 Å². The Morgan fingerprint density at radius 3 is 2.07 bits per heavy atom. The van der Waals surface area contributed by atoms with E-state index in [0.29, 0.717) is 11.1 Å². The zero-order chi connectivity index (χ0) is 11.8. The van der Waals surface area contributed by atoms with Crippen LogP contribution in [0.15, 0.2) is 17.0 Å². The number of benzene rings is 1. The van der Waals surface area contributed by atoms with Crippen molar-refractivity contribution in [2.24, 2.45) is 0 Å². The number of aromatic carboxylic acids is 1. The first kappa shape index (κ1) is 12.0. The predicted molar refractivity (Wildman–Crippen MR) is 55.9 cm³/mol. The summed E-state index contributed by atoms with van der Waals surface area (Å²) in [7, 11) is 1.15. The van der Waals surface area contributed by atoms with Crippen molar-refractivity contribution in [1.82, 2.24) is 0 Å².